The van der Waals surface area contributed by atoms with Gasteiger partial charge in [0, 0.05) is 6.07 Å². The number of thioether (sulfide) groups is 1. The number of benzene rings is 1. The van der Waals surface area contributed by atoms with Gasteiger partial charge in [-0.3, -0.25) is 4.72 Å². The van der Waals surface area contributed by atoms with Crippen LogP contribution in [-0.2, 0) is 10.0 Å². The SMILES string of the molecule is COc1ccc(NS(=O)(=O)C2C(F)C(F)C(F)(SC)C(F)C2F)cc1F. The van der Waals surface area contributed by atoms with Gasteiger partial charge >= 0.3 is 0 Å². The molecule has 26 heavy (non-hydrogen) atoms. The normalized spacial score (nSPS) is 35.2. The second-order valence-electron chi connectivity index (χ2n) is 5.56. The van der Waals surface area contributed by atoms with Crippen LogP contribution in [0.4, 0.5) is 32.0 Å². The van der Waals surface area contributed by atoms with Crippen LogP contribution in [-0.4, -0.2) is 56.7 Å². The summed E-state index contributed by atoms with van der Waals surface area (Å²) >= 11 is -0.0809. The fraction of sp³-hybridized carbons (Fsp3) is 0.571. The van der Waals surface area contributed by atoms with Crippen LogP contribution < -0.4 is 9.46 Å². The molecule has 1 saturated carbocycles. The van der Waals surface area contributed by atoms with Crippen molar-refractivity contribution in [2.45, 2.75) is 34.9 Å². The van der Waals surface area contributed by atoms with E-state index in [9.17, 15) is 34.8 Å². The molecule has 0 aliphatic heterocycles. The molecule has 148 valence electrons. The monoisotopic (exact) mass is 423 g/mol. The Hall–Kier alpha value is -1.30. The maximum Gasteiger partial charge on any atom is 0.241 e. The Bertz CT molecular complexity index is 749. The van der Waals surface area contributed by atoms with Gasteiger partial charge in [0.2, 0.25) is 15.0 Å². The molecule has 1 aliphatic rings. The standard InChI is InChI=1S/C14H15F6NO3S2/c1-24-8-4-3-6(5-7(8)15)21-26(22,23)11-9(16)12(18)14(20,25-2)13(19)10(11)17/h3-5,9-13,21H,1-2H3. The Morgan fingerprint density at radius 2 is 1.69 bits per heavy atom. The highest BCUT2D eigenvalue weighted by Gasteiger charge is 2.66. The Kier molecular flexibility index (Phi) is 5.96. The molecular formula is C14H15F6NO3S2. The van der Waals surface area contributed by atoms with E-state index in [2.05, 4.69) is 4.74 Å². The second kappa shape index (κ2) is 7.37. The third-order valence-corrected chi connectivity index (χ3v) is 6.85. The predicted octanol–water partition coefficient (Wildman–Crippen LogP) is 3.34. The van der Waals surface area contributed by atoms with Gasteiger partial charge in [-0.05, 0) is 18.4 Å². The molecule has 1 aromatic rings. The number of nitrogens with one attached hydrogen (secondary N) is 1. The maximum atomic E-state index is 14.2. The van der Waals surface area contributed by atoms with Gasteiger partial charge in [0.15, 0.2) is 36.3 Å². The molecule has 0 spiro atoms. The van der Waals surface area contributed by atoms with E-state index in [-0.39, 0.29) is 17.5 Å². The minimum Gasteiger partial charge on any atom is -0.494 e. The molecule has 1 aromatic carbocycles. The van der Waals surface area contributed by atoms with Gasteiger partial charge in [0.25, 0.3) is 0 Å². The first-order valence-electron chi connectivity index (χ1n) is 7.15. The van der Waals surface area contributed by atoms with E-state index in [0.29, 0.717) is 6.07 Å². The van der Waals surface area contributed by atoms with Crippen LogP contribution in [0.1, 0.15) is 0 Å². The topological polar surface area (TPSA) is 55.4 Å². The molecule has 0 radical (unpaired) electrons. The Morgan fingerprint density at radius 3 is 2.12 bits per heavy atom. The van der Waals surface area contributed by atoms with Crippen molar-refractivity contribution in [2.24, 2.45) is 0 Å². The first-order chi connectivity index (χ1) is 12.0. The molecule has 0 aromatic heterocycles. The van der Waals surface area contributed by atoms with Gasteiger partial charge in [-0.1, -0.05) is 0 Å². The van der Waals surface area contributed by atoms with E-state index >= 15 is 0 Å². The number of ether oxygens (including phenoxy) is 1. The molecule has 2 rings (SSSR count). The molecule has 1 N–H and O–H groups in total. The summed E-state index contributed by atoms with van der Waals surface area (Å²) in [6.07, 6.45) is -11.9. The van der Waals surface area contributed by atoms with Crippen LogP contribution in [0.3, 0.4) is 0 Å². The highest BCUT2D eigenvalue weighted by atomic mass is 32.2. The van der Waals surface area contributed by atoms with E-state index in [1.54, 1.807) is 4.72 Å². The smallest absolute Gasteiger partial charge is 0.241 e. The van der Waals surface area contributed by atoms with Gasteiger partial charge in [0.1, 0.15) is 5.25 Å². The number of methoxy groups -OCH3 is 1. The van der Waals surface area contributed by atoms with Crippen LogP contribution in [0.5, 0.6) is 5.75 Å². The highest BCUT2D eigenvalue weighted by Crippen LogP contribution is 2.47. The first-order valence-corrected chi connectivity index (χ1v) is 9.92. The van der Waals surface area contributed by atoms with E-state index in [1.807, 2.05) is 0 Å². The Morgan fingerprint density at radius 1 is 1.15 bits per heavy atom. The molecule has 0 heterocycles. The zero-order valence-electron chi connectivity index (χ0n) is 13.4. The number of sulfonamides is 1. The second-order valence-corrected chi connectivity index (χ2v) is 8.43. The summed E-state index contributed by atoms with van der Waals surface area (Å²) in [5.74, 6) is -1.21. The Labute approximate surface area is 150 Å². The molecule has 1 aliphatic carbocycles. The number of halogens is 6. The molecule has 4 unspecified atom stereocenters. The number of rotatable bonds is 5. The summed E-state index contributed by atoms with van der Waals surface area (Å²) in [5, 5.41) is -6.41. The largest absolute Gasteiger partial charge is 0.494 e. The van der Waals surface area contributed by atoms with E-state index in [1.165, 1.54) is 0 Å². The minimum absolute atomic E-state index is 0.0809. The Balaban J connectivity index is 2.34. The minimum atomic E-state index is -5.06. The molecule has 12 heteroatoms. The summed E-state index contributed by atoms with van der Waals surface area (Å²) in [6, 6.07) is 2.70. The van der Waals surface area contributed by atoms with Crippen LogP contribution >= 0.6 is 11.8 Å². The van der Waals surface area contributed by atoms with Crippen molar-refractivity contribution < 1.29 is 39.5 Å². The van der Waals surface area contributed by atoms with Crippen molar-refractivity contribution in [1.29, 1.82) is 0 Å². The third kappa shape index (κ3) is 3.45. The van der Waals surface area contributed by atoms with Gasteiger partial charge in [-0.2, -0.15) is 0 Å². The lowest BCUT2D eigenvalue weighted by Gasteiger charge is -2.42. The fourth-order valence-electron chi connectivity index (χ4n) is 2.62. The lowest BCUT2D eigenvalue weighted by Crippen LogP contribution is -2.64. The lowest BCUT2D eigenvalue weighted by molar-refractivity contribution is -0.0661. The van der Waals surface area contributed by atoms with Crippen LogP contribution in [0.15, 0.2) is 18.2 Å². The summed E-state index contributed by atoms with van der Waals surface area (Å²) in [7, 11) is -3.90. The summed E-state index contributed by atoms with van der Waals surface area (Å²) < 4.78 is 115. The molecule has 1 fully saturated rings. The summed E-state index contributed by atoms with van der Waals surface area (Å²) in [6.45, 7) is 0. The van der Waals surface area contributed by atoms with Crippen molar-refractivity contribution >= 4 is 27.5 Å². The average Bonchev–Trinajstić information content (AvgIpc) is 2.58. The van der Waals surface area contributed by atoms with E-state index in [4.69, 9.17) is 0 Å². The predicted molar refractivity (Wildman–Crippen MR) is 86.2 cm³/mol. The molecule has 0 amide bonds. The molecular weight excluding hydrogens is 408 g/mol. The zero-order chi connectivity index (χ0) is 19.9. The van der Waals surface area contributed by atoms with Crippen LogP contribution in [0.2, 0.25) is 0 Å². The fourth-order valence-corrected chi connectivity index (χ4v) is 4.89. The van der Waals surface area contributed by atoms with Crippen LogP contribution in [0, 0.1) is 5.82 Å². The van der Waals surface area contributed by atoms with Gasteiger partial charge in [0.05, 0.1) is 12.8 Å². The van der Waals surface area contributed by atoms with Crippen molar-refractivity contribution in [2.75, 3.05) is 18.1 Å². The molecule has 4 atom stereocenters. The molecule has 4 nitrogen and oxygen atoms in total. The molecule has 0 saturated heterocycles. The van der Waals surface area contributed by atoms with Gasteiger partial charge < -0.3 is 4.74 Å². The van der Waals surface area contributed by atoms with Crippen molar-refractivity contribution in [1.82, 2.24) is 0 Å². The van der Waals surface area contributed by atoms with Crippen LogP contribution in [0.25, 0.3) is 0 Å². The highest BCUT2D eigenvalue weighted by molar-refractivity contribution is 8.00. The first kappa shape index (κ1) is 21.0. The number of alkyl halides is 5. The van der Waals surface area contributed by atoms with Crippen molar-refractivity contribution in [3.8, 4) is 5.75 Å². The van der Waals surface area contributed by atoms with Gasteiger partial charge in [-0.15, -0.1) is 11.8 Å². The summed E-state index contributed by atoms with van der Waals surface area (Å²) in [5.41, 5.74) is -0.449. The van der Waals surface area contributed by atoms with E-state index in [0.717, 1.165) is 25.5 Å². The maximum absolute atomic E-state index is 14.2. The van der Waals surface area contributed by atoms with E-state index < -0.39 is 56.5 Å². The van der Waals surface area contributed by atoms with Crippen molar-refractivity contribution in [3.05, 3.63) is 24.0 Å². The summed E-state index contributed by atoms with van der Waals surface area (Å²) in [4.78, 5) is 0. The number of hydrogen-bond donors (Lipinski definition) is 1. The van der Waals surface area contributed by atoms with Crippen molar-refractivity contribution in [3.63, 3.8) is 0 Å². The quantitative estimate of drug-likeness (QED) is 0.739. The number of hydrogen-bond acceptors (Lipinski definition) is 4. The lowest BCUT2D eigenvalue weighted by atomic mass is 9.90. The molecule has 0 bridgehead atoms. The number of anilines is 1. The van der Waals surface area contributed by atoms with Gasteiger partial charge in [-0.25, -0.2) is 34.8 Å². The zero-order valence-corrected chi connectivity index (χ0v) is 15.1. The third-order valence-electron chi connectivity index (χ3n) is 4.02. The average molecular weight is 423 g/mol.